The van der Waals surface area contributed by atoms with E-state index in [9.17, 15) is 9.36 Å². The number of hydrogen-bond acceptors (Lipinski definition) is 3. The number of carbonyl (C=O) groups is 1. The van der Waals surface area contributed by atoms with Crippen molar-refractivity contribution in [1.82, 2.24) is 5.32 Å². The summed E-state index contributed by atoms with van der Waals surface area (Å²) in [6, 6.07) is 0. The van der Waals surface area contributed by atoms with E-state index in [1.165, 1.54) is 0 Å². The molecule has 13 heavy (non-hydrogen) atoms. The summed E-state index contributed by atoms with van der Waals surface area (Å²) >= 11 is 0. The maximum Gasteiger partial charge on any atom is 1.00 e. The molecule has 0 aliphatic carbocycles. The normalized spacial score (nSPS) is 8.77. The van der Waals surface area contributed by atoms with Gasteiger partial charge in [0.2, 0.25) is 0 Å². The summed E-state index contributed by atoms with van der Waals surface area (Å²) in [7, 11) is -4.10. The molecule has 0 aromatic rings. The van der Waals surface area contributed by atoms with Crippen molar-refractivity contribution in [3.8, 4) is 0 Å². The fraction of sp³-hybridized carbons (Fsp3) is 0.667. The van der Waals surface area contributed by atoms with Gasteiger partial charge in [-0.05, 0) is 0 Å². The minimum absolute atomic E-state index is 0. The van der Waals surface area contributed by atoms with Crippen molar-refractivity contribution >= 4 is 13.6 Å². The molecule has 0 heterocycles. The molecule has 66 valence electrons. The van der Waals surface area contributed by atoms with Gasteiger partial charge in [-0.15, -0.1) is 0 Å². The van der Waals surface area contributed by atoms with E-state index in [1.54, 1.807) is 0 Å². The Kier molecular flexibility index (Phi) is 24.0. The zero-order valence-electron chi connectivity index (χ0n) is 11.0. The second-order valence-electron chi connectivity index (χ2n) is 1.64. The molecule has 0 atom stereocenters. The molecule has 0 amide bonds. The van der Waals surface area contributed by atoms with Crippen molar-refractivity contribution in [1.29, 1.82) is 0 Å². The average molecular weight is 241 g/mol. The maximum atomic E-state index is 10.1. The molecule has 0 bridgehead atoms. The first-order chi connectivity index (χ1) is 4.42. The summed E-state index contributed by atoms with van der Waals surface area (Å²) in [5.41, 5.74) is 0. The third-order valence-electron chi connectivity index (χ3n) is 0.594. The molecule has 0 rings (SSSR count). The quantitative estimate of drug-likeness (QED) is 0.287. The van der Waals surface area contributed by atoms with Crippen LogP contribution in [0, 0.1) is 0 Å². The van der Waals surface area contributed by atoms with Gasteiger partial charge in [0, 0.05) is 0 Å². The van der Waals surface area contributed by atoms with E-state index in [4.69, 9.17) is 14.9 Å². The van der Waals surface area contributed by atoms with Crippen molar-refractivity contribution in [3.63, 3.8) is 0 Å². The van der Waals surface area contributed by atoms with Crippen molar-refractivity contribution < 1.29 is 117 Å². The number of aliphatic carboxylic acids is 1. The molecule has 10 heteroatoms. The molecule has 0 saturated carbocycles. The molecule has 4 N–H and O–H groups in total. The summed E-state index contributed by atoms with van der Waals surface area (Å²) in [4.78, 5) is 26.1. The van der Waals surface area contributed by atoms with Crippen LogP contribution in [0.4, 0.5) is 0 Å². The molecular weight excluding hydrogens is 230 g/mol. The Morgan fingerprint density at radius 2 is 1.69 bits per heavy atom. The first-order valence-electron chi connectivity index (χ1n) is 2.39. The molecule has 6 nitrogen and oxygen atoms in total. The Morgan fingerprint density at radius 1 is 1.31 bits per heavy atom. The monoisotopic (exact) mass is 241 g/mol. The summed E-state index contributed by atoms with van der Waals surface area (Å²) in [6.07, 6.45) is -0.598. The van der Waals surface area contributed by atoms with E-state index < -0.39 is 26.4 Å². The number of carboxylic acid groups (broad SMARTS) is 1. The molecule has 0 fully saturated rings. The van der Waals surface area contributed by atoms with Crippen molar-refractivity contribution in [2.75, 3.05) is 12.8 Å². The Balaban J connectivity index is -0.0000000270. The smallest absolute Gasteiger partial charge is 1.00 e. The Bertz CT molecular complexity index is 184. The van der Waals surface area contributed by atoms with E-state index >= 15 is 0 Å². The van der Waals surface area contributed by atoms with Gasteiger partial charge >= 0.3 is 102 Å². The predicted octanol–water partition coefficient (Wildman–Crippen LogP) is -9.85. The number of carboxylic acids is 1. The van der Waals surface area contributed by atoms with Crippen molar-refractivity contribution in [2.45, 2.75) is 0 Å². The fourth-order valence-corrected chi connectivity index (χ4v) is 0.712. The first kappa shape index (κ1) is 24.7. The molecule has 0 unspecified atom stereocenters. The summed E-state index contributed by atoms with van der Waals surface area (Å²) < 4.78 is 10.1. The third-order valence-corrected chi connectivity index (χ3v) is 1.23. The fourth-order valence-electron chi connectivity index (χ4n) is 0.308. The van der Waals surface area contributed by atoms with Crippen molar-refractivity contribution in [3.05, 3.63) is 0 Å². The van der Waals surface area contributed by atoms with Crippen LogP contribution in [0.1, 0.15) is 4.28 Å². The van der Waals surface area contributed by atoms with E-state index in [2.05, 4.69) is 5.32 Å². The van der Waals surface area contributed by atoms with Crippen LogP contribution < -0.4 is 94.0 Å². The van der Waals surface area contributed by atoms with E-state index in [0.717, 1.165) is 0 Å². The second kappa shape index (κ2) is 12.6. The van der Waals surface area contributed by atoms with Crippen LogP contribution >= 0.6 is 7.60 Å². The summed E-state index contributed by atoms with van der Waals surface area (Å²) in [6.45, 7) is -0.439. The molecule has 0 aliphatic heterocycles. The van der Waals surface area contributed by atoms with Gasteiger partial charge in [-0.2, -0.15) is 0 Å². The van der Waals surface area contributed by atoms with Crippen LogP contribution in [0.3, 0.4) is 0 Å². The number of nitrogens with one attached hydrogen (secondary N) is 1. The second-order valence-corrected chi connectivity index (χ2v) is 3.29. The molecular formula is C3H11NNa3O5P. The van der Waals surface area contributed by atoms with E-state index in [1.807, 2.05) is 0 Å². The van der Waals surface area contributed by atoms with Crippen molar-refractivity contribution in [2.24, 2.45) is 0 Å². The van der Waals surface area contributed by atoms with Crippen LogP contribution in [-0.2, 0) is 9.36 Å². The molecule has 0 saturated heterocycles. The van der Waals surface area contributed by atoms with E-state index in [-0.39, 0.29) is 93.0 Å². The Hall–Kier alpha value is 2.58. The number of rotatable bonds is 4. The zero-order valence-corrected chi connectivity index (χ0v) is 14.9. The molecule has 0 radical (unpaired) electrons. The average Bonchev–Trinajstić information content (AvgIpc) is 1.59. The molecule has 0 spiro atoms. The van der Waals surface area contributed by atoms with Gasteiger partial charge in [0.05, 0.1) is 12.8 Å². The standard InChI is InChI=1S/C3H8NO5P.3Na.3H/c5-3(6)1-4-2-10(7,8)9;;;;;;/h4H,1-2H2,(H,5,6)(H2,7,8,9);;;;;;/q;3*+1;3*-1. The van der Waals surface area contributed by atoms with Gasteiger partial charge in [-0.25, -0.2) is 0 Å². The molecule has 0 aliphatic rings. The van der Waals surface area contributed by atoms with Gasteiger partial charge in [0.25, 0.3) is 0 Å². The van der Waals surface area contributed by atoms with Crippen LogP contribution in [0.2, 0.25) is 0 Å². The van der Waals surface area contributed by atoms with Crippen LogP contribution in [0.25, 0.3) is 0 Å². The molecule has 0 aromatic carbocycles. The third kappa shape index (κ3) is 25.1. The Labute approximate surface area is 147 Å². The first-order valence-corrected chi connectivity index (χ1v) is 4.18. The van der Waals surface area contributed by atoms with Gasteiger partial charge in [-0.1, -0.05) is 0 Å². The summed E-state index contributed by atoms with van der Waals surface area (Å²) in [5.74, 6) is -1.14. The van der Waals surface area contributed by atoms with Crippen LogP contribution in [0.15, 0.2) is 0 Å². The minimum Gasteiger partial charge on any atom is -1.00 e. The SMILES string of the molecule is O=C(O)CNCP(=O)(O)O.[H-].[H-].[H-].[Na+].[Na+].[Na+]. The minimum atomic E-state index is -4.10. The topological polar surface area (TPSA) is 107 Å². The van der Waals surface area contributed by atoms with Crippen LogP contribution in [0.5, 0.6) is 0 Å². The van der Waals surface area contributed by atoms with E-state index in [0.29, 0.717) is 0 Å². The van der Waals surface area contributed by atoms with Gasteiger partial charge in [0.15, 0.2) is 0 Å². The molecule has 0 aromatic heterocycles. The van der Waals surface area contributed by atoms with Gasteiger partial charge < -0.3 is 19.2 Å². The van der Waals surface area contributed by atoms with Gasteiger partial charge in [0.1, 0.15) is 0 Å². The zero-order chi connectivity index (χ0) is 8.20. The maximum absolute atomic E-state index is 10.1. The Morgan fingerprint density at radius 3 is 1.92 bits per heavy atom. The largest absolute Gasteiger partial charge is 1.00 e. The number of hydrogen-bond donors (Lipinski definition) is 4. The predicted molar refractivity (Wildman–Crippen MR) is 35.9 cm³/mol. The summed E-state index contributed by atoms with van der Waals surface area (Å²) in [5, 5.41) is 10.1. The van der Waals surface area contributed by atoms with Gasteiger partial charge in [-0.3, -0.25) is 14.7 Å². The van der Waals surface area contributed by atoms with Crippen LogP contribution in [-0.4, -0.2) is 33.7 Å².